The van der Waals surface area contributed by atoms with Crippen LogP contribution in [-0.2, 0) is 6.54 Å². The normalized spacial score (nSPS) is 20.9. The van der Waals surface area contributed by atoms with Crippen molar-refractivity contribution < 1.29 is 4.42 Å². The van der Waals surface area contributed by atoms with E-state index in [1.807, 2.05) is 0 Å². The molecule has 0 spiro atoms. The van der Waals surface area contributed by atoms with Gasteiger partial charge in [-0.3, -0.25) is 0 Å². The van der Waals surface area contributed by atoms with Gasteiger partial charge >= 0.3 is 6.01 Å². The second-order valence-corrected chi connectivity index (χ2v) is 5.76. The average Bonchev–Trinajstić information content (AvgIpc) is 3.28. The second-order valence-electron chi connectivity index (χ2n) is 5.76. The van der Waals surface area contributed by atoms with Gasteiger partial charge in [0.15, 0.2) is 0 Å². The molecule has 2 aliphatic carbocycles. The molecule has 0 aromatic carbocycles. The van der Waals surface area contributed by atoms with E-state index in [4.69, 9.17) is 4.42 Å². The van der Waals surface area contributed by atoms with Crippen LogP contribution in [-0.4, -0.2) is 22.8 Å². The molecule has 1 aromatic rings. The van der Waals surface area contributed by atoms with Gasteiger partial charge in [-0.2, -0.15) is 0 Å². The summed E-state index contributed by atoms with van der Waals surface area (Å²) < 4.78 is 5.57. The van der Waals surface area contributed by atoms with Crippen molar-refractivity contribution >= 4 is 6.01 Å². The monoisotopic (exact) mass is 250 g/mol. The van der Waals surface area contributed by atoms with Gasteiger partial charge in [0.05, 0.1) is 6.54 Å². The lowest BCUT2D eigenvalue weighted by Crippen LogP contribution is -2.15. The minimum Gasteiger partial charge on any atom is -0.407 e. The van der Waals surface area contributed by atoms with Crippen LogP contribution < -0.4 is 10.6 Å². The summed E-state index contributed by atoms with van der Waals surface area (Å²) in [6.07, 6.45) is 7.76. The van der Waals surface area contributed by atoms with E-state index in [0.29, 0.717) is 29.9 Å². The van der Waals surface area contributed by atoms with Crippen LogP contribution in [0.15, 0.2) is 4.42 Å². The Morgan fingerprint density at radius 1 is 1.33 bits per heavy atom. The predicted octanol–water partition coefficient (Wildman–Crippen LogP) is 2.31. The largest absolute Gasteiger partial charge is 0.407 e. The zero-order valence-electron chi connectivity index (χ0n) is 11.0. The SMILES string of the molecule is CCCC1(CNc2nnc(CNC3CC3)o2)CC1. The standard InChI is InChI=1S/C13H22N4O/c1-2-5-13(6-7-13)9-15-12-17-16-11(18-12)8-14-10-3-4-10/h10,14H,2-9H2,1H3,(H,15,17). The van der Waals surface area contributed by atoms with Crippen molar-refractivity contribution in [3.8, 4) is 0 Å². The van der Waals surface area contributed by atoms with Gasteiger partial charge in [0.2, 0.25) is 5.89 Å². The molecule has 1 aromatic heterocycles. The van der Waals surface area contributed by atoms with Crippen LogP contribution in [0, 0.1) is 5.41 Å². The second kappa shape index (κ2) is 4.88. The van der Waals surface area contributed by atoms with Crippen molar-refractivity contribution in [3.05, 3.63) is 5.89 Å². The Balaban J connectivity index is 1.44. The zero-order valence-corrected chi connectivity index (χ0v) is 11.0. The van der Waals surface area contributed by atoms with Gasteiger partial charge in [-0.15, -0.1) is 5.10 Å². The van der Waals surface area contributed by atoms with E-state index in [1.54, 1.807) is 0 Å². The van der Waals surface area contributed by atoms with E-state index >= 15 is 0 Å². The van der Waals surface area contributed by atoms with Crippen LogP contribution in [0.3, 0.4) is 0 Å². The maximum Gasteiger partial charge on any atom is 0.315 e. The van der Waals surface area contributed by atoms with E-state index in [1.165, 1.54) is 38.5 Å². The van der Waals surface area contributed by atoms with Crippen molar-refractivity contribution in [2.24, 2.45) is 5.41 Å². The van der Waals surface area contributed by atoms with Crippen LogP contribution >= 0.6 is 0 Å². The fraction of sp³-hybridized carbons (Fsp3) is 0.846. The number of rotatable bonds is 8. The Labute approximate surface area is 108 Å². The molecule has 100 valence electrons. The fourth-order valence-electron chi connectivity index (χ4n) is 2.40. The summed E-state index contributed by atoms with van der Waals surface area (Å²) in [4.78, 5) is 0. The Morgan fingerprint density at radius 2 is 2.17 bits per heavy atom. The number of nitrogens with one attached hydrogen (secondary N) is 2. The Morgan fingerprint density at radius 3 is 2.83 bits per heavy atom. The molecule has 5 heteroatoms. The van der Waals surface area contributed by atoms with Crippen molar-refractivity contribution in [1.82, 2.24) is 15.5 Å². The minimum atomic E-state index is 0.510. The third-order valence-corrected chi connectivity index (χ3v) is 3.94. The quantitative estimate of drug-likeness (QED) is 0.741. The molecule has 2 saturated carbocycles. The Kier molecular flexibility index (Phi) is 3.24. The summed E-state index contributed by atoms with van der Waals surface area (Å²) in [7, 11) is 0. The molecular weight excluding hydrogens is 228 g/mol. The van der Waals surface area contributed by atoms with Crippen LogP contribution in [0.4, 0.5) is 6.01 Å². The van der Waals surface area contributed by atoms with E-state index < -0.39 is 0 Å². The van der Waals surface area contributed by atoms with Gasteiger partial charge in [-0.1, -0.05) is 18.4 Å². The van der Waals surface area contributed by atoms with Gasteiger partial charge in [-0.25, -0.2) is 0 Å². The molecule has 1 heterocycles. The number of hydrogen-bond acceptors (Lipinski definition) is 5. The first-order valence-electron chi connectivity index (χ1n) is 7.09. The Bertz CT molecular complexity index is 395. The first-order chi connectivity index (χ1) is 8.80. The number of hydrogen-bond donors (Lipinski definition) is 2. The molecule has 0 amide bonds. The van der Waals surface area contributed by atoms with E-state index in [0.717, 1.165) is 6.54 Å². The molecular formula is C13H22N4O. The van der Waals surface area contributed by atoms with Gasteiger partial charge in [0.25, 0.3) is 0 Å². The van der Waals surface area contributed by atoms with Gasteiger partial charge in [0, 0.05) is 12.6 Å². The van der Waals surface area contributed by atoms with E-state index in [2.05, 4.69) is 27.8 Å². The molecule has 0 atom stereocenters. The van der Waals surface area contributed by atoms with Crippen molar-refractivity contribution in [3.63, 3.8) is 0 Å². The molecule has 0 aliphatic heterocycles. The highest BCUT2D eigenvalue weighted by atomic mass is 16.4. The molecule has 3 rings (SSSR count). The molecule has 18 heavy (non-hydrogen) atoms. The fourth-order valence-corrected chi connectivity index (χ4v) is 2.40. The molecule has 0 bridgehead atoms. The van der Waals surface area contributed by atoms with Crippen LogP contribution in [0.5, 0.6) is 0 Å². The third-order valence-electron chi connectivity index (χ3n) is 3.94. The molecule has 0 radical (unpaired) electrons. The third kappa shape index (κ3) is 3.02. The van der Waals surface area contributed by atoms with Crippen LogP contribution in [0.25, 0.3) is 0 Å². The average molecular weight is 250 g/mol. The molecule has 5 nitrogen and oxygen atoms in total. The lowest BCUT2D eigenvalue weighted by molar-refractivity contribution is 0.454. The highest BCUT2D eigenvalue weighted by Gasteiger charge is 2.41. The van der Waals surface area contributed by atoms with Gasteiger partial charge < -0.3 is 15.1 Å². The molecule has 2 fully saturated rings. The molecule has 0 saturated heterocycles. The molecule has 0 unspecified atom stereocenters. The minimum absolute atomic E-state index is 0.510. The van der Waals surface area contributed by atoms with Crippen molar-refractivity contribution in [2.75, 3.05) is 11.9 Å². The summed E-state index contributed by atoms with van der Waals surface area (Å²) in [5.74, 6) is 0.685. The van der Waals surface area contributed by atoms with Gasteiger partial charge in [0.1, 0.15) is 0 Å². The Hall–Kier alpha value is -1.10. The van der Waals surface area contributed by atoms with E-state index in [-0.39, 0.29) is 0 Å². The highest BCUT2D eigenvalue weighted by Crippen LogP contribution is 2.49. The number of nitrogens with zero attached hydrogens (tertiary/aromatic N) is 2. The lowest BCUT2D eigenvalue weighted by Gasteiger charge is -2.12. The maximum absolute atomic E-state index is 5.57. The van der Waals surface area contributed by atoms with Crippen LogP contribution in [0.2, 0.25) is 0 Å². The van der Waals surface area contributed by atoms with Crippen LogP contribution in [0.1, 0.15) is 51.3 Å². The first-order valence-corrected chi connectivity index (χ1v) is 7.09. The lowest BCUT2D eigenvalue weighted by atomic mass is 10.0. The summed E-state index contributed by atoms with van der Waals surface area (Å²) in [6, 6.07) is 1.25. The van der Waals surface area contributed by atoms with Gasteiger partial charge in [-0.05, 0) is 37.5 Å². The number of anilines is 1. The smallest absolute Gasteiger partial charge is 0.315 e. The number of aromatic nitrogens is 2. The van der Waals surface area contributed by atoms with Crippen molar-refractivity contribution in [1.29, 1.82) is 0 Å². The summed E-state index contributed by atoms with van der Waals surface area (Å²) in [5, 5.41) is 14.7. The first kappa shape index (κ1) is 12.0. The predicted molar refractivity (Wildman–Crippen MR) is 69.2 cm³/mol. The topological polar surface area (TPSA) is 63.0 Å². The molecule has 2 aliphatic rings. The maximum atomic E-state index is 5.57. The van der Waals surface area contributed by atoms with E-state index in [9.17, 15) is 0 Å². The zero-order chi connectivity index (χ0) is 12.4. The summed E-state index contributed by atoms with van der Waals surface area (Å²) >= 11 is 0. The highest BCUT2D eigenvalue weighted by molar-refractivity contribution is 5.19. The molecule has 2 N–H and O–H groups in total. The summed E-state index contributed by atoms with van der Waals surface area (Å²) in [6.45, 7) is 3.91. The van der Waals surface area contributed by atoms with Crippen molar-refractivity contribution in [2.45, 2.75) is 58.0 Å². The summed E-state index contributed by atoms with van der Waals surface area (Å²) in [5.41, 5.74) is 0.510.